The molecule has 0 aromatic carbocycles. The molecule has 52 valence electrons. The Morgan fingerprint density at radius 3 is 2.56 bits per heavy atom. The van der Waals surface area contributed by atoms with E-state index in [-0.39, 0.29) is 0 Å². The second kappa shape index (κ2) is 2.64. The van der Waals surface area contributed by atoms with Gasteiger partial charge in [0, 0.05) is 12.3 Å². The zero-order chi connectivity index (χ0) is 6.91. The second-order valence-electron chi connectivity index (χ2n) is 2.51. The molecule has 0 saturated heterocycles. The number of hydrogen-bond donors (Lipinski definition) is 0. The van der Waals surface area contributed by atoms with Crippen LogP contribution in [0.4, 0.5) is 0 Å². The fourth-order valence-corrected chi connectivity index (χ4v) is 4.09. The highest BCUT2D eigenvalue weighted by Gasteiger charge is 2.27. The van der Waals surface area contributed by atoms with E-state index in [9.17, 15) is 0 Å². The third-order valence-corrected chi connectivity index (χ3v) is 5.90. The van der Waals surface area contributed by atoms with Crippen molar-refractivity contribution < 1.29 is 0 Å². The first-order valence-corrected chi connectivity index (χ1v) is 7.97. The Morgan fingerprint density at radius 2 is 2.33 bits per heavy atom. The van der Waals surface area contributed by atoms with Crippen molar-refractivity contribution in [1.82, 2.24) is 0 Å². The molecule has 0 fully saturated rings. The smallest absolute Gasteiger partial charge is 0.209 e. The van der Waals surface area contributed by atoms with E-state index in [1.165, 1.54) is 4.67 Å². The molecule has 0 atom stereocenters. The molecule has 1 heterocycles. The largest absolute Gasteiger partial charge is 0.285 e. The van der Waals surface area contributed by atoms with Crippen molar-refractivity contribution in [3.63, 3.8) is 0 Å². The molecule has 9 heavy (non-hydrogen) atoms. The molecule has 0 aromatic heterocycles. The maximum absolute atomic E-state index is 6.13. The molecule has 0 aromatic rings. The number of nitrogens with zero attached hydrogens (tertiary/aromatic N) is 1. The van der Waals surface area contributed by atoms with Gasteiger partial charge in [-0.05, 0) is 0 Å². The quantitative estimate of drug-likeness (QED) is 0.444. The van der Waals surface area contributed by atoms with Gasteiger partial charge in [-0.15, -0.1) is 11.8 Å². The summed E-state index contributed by atoms with van der Waals surface area (Å²) in [5.41, 5.74) is 0. The molecule has 1 aliphatic rings. The summed E-state index contributed by atoms with van der Waals surface area (Å²) < 4.78 is 1.23. The van der Waals surface area contributed by atoms with Crippen LogP contribution in [0, 0.1) is 0 Å². The minimum absolute atomic E-state index is 0.975. The molecular weight excluding hydrogens is 170 g/mol. The van der Waals surface area contributed by atoms with Gasteiger partial charge in [0.15, 0.2) is 0 Å². The maximum atomic E-state index is 6.13. The zero-order valence-electron chi connectivity index (χ0n) is 5.65. The number of hydrogen-bond acceptors (Lipinski definition) is 2. The van der Waals surface area contributed by atoms with E-state index >= 15 is 0 Å². The Hall–Kier alpha value is 0.527. The van der Waals surface area contributed by atoms with Crippen LogP contribution < -0.4 is 0 Å². The average molecular weight is 180 g/mol. The first-order valence-electron chi connectivity index (χ1n) is 2.97. The van der Waals surface area contributed by atoms with Gasteiger partial charge in [0.2, 0.25) is 7.38 Å². The third kappa shape index (κ3) is 1.99. The molecule has 0 amide bonds. The highest BCUT2D eigenvalue weighted by atomic mass is 35.6. The van der Waals surface area contributed by atoms with Gasteiger partial charge in [-0.25, -0.2) is 0 Å². The standard InChI is InChI=1S/C5H10ClNSSi/c1-9(2,6)5-7-3-4-8-5/h3-4H2,1-2H3. The Morgan fingerprint density at radius 1 is 1.67 bits per heavy atom. The molecule has 0 spiro atoms. The lowest BCUT2D eigenvalue weighted by molar-refractivity contribution is 1.18. The van der Waals surface area contributed by atoms with E-state index in [1.54, 1.807) is 0 Å². The summed E-state index contributed by atoms with van der Waals surface area (Å²) in [4.78, 5) is 4.32. The lowest BCUT2D eigenvalue weighted by atomic mass is 10.8. The van der Waals surface area contributed by atoms with E-state index in [0.29, 0.717) is 0 Å². The van der Waals surface area contributed by atoms with Gasteiger partial charge in [0.25, 0.3) is 0 Å². The molecule has 4 heteroatoms. The van der Waals surface area contributed by atoms with Crippen molar-refractivity contribution >= 4 is 34.9 Å². The highest BCUT2D eigenvalue weighted by Crippen LogP contribution is 2.23. The van der Waals surface area contributed by atoms with Crippen LogP contribution in [0.3, 0.4) is 0 Å². The molecule has 0 unspecified atom stereocenters. The van der Waals surface area contributed by atoms with Gasteiger partial charge in [0.05, 0.1) is 4.67 Å². The summed E-state index contributed by atoms with van der Waals surface area (Å²) in [5, 5.41) is 0. The number of halogens is 1. The molecule has 0 radical (unpaired) electrons. The zero-order valence-corrected chi connectivity index (χ0v) is 8.22. The SMILES string of the molecule is C[Si](C)(Cl)C1=NCCS1. The summed E-state index contributed by atoms with van der Waals surface area (Å²) >= 11 is 7.96. The van der Waals surface area contributed by atoms with Crippen molar-refractivity contribution in [2.75, 3.05) is 12.3 Å². The van der Waals surface area contributed by atoms with Crippen molar-refractivity contribution in [2.24, 2.45) is 4.99 Å². The Labute approximate surface area is 65.6 Å². The van der Waals surface area contributed by atoms with E-state index in [1.807, 2.05) is 11.8 Å². The predicted octanol–water partition coefficient (Wildman–Crippen LogP) is 2.11. The Bertz CT molecular complexity index is 140. The first-order chi connectivity index (χ1) is 4.11. The lowest BCUT2D eigenvalue weighted by Crippen LogP contribution is -2.26. The number of aliphatic imine (C=N–C) groups is 1. The van der Waals surface area contributed by atoms with E-state index < -0.39 is 7.38 Å². The minimum Gasteiger partial charge on any atom is -0.285 e. The third-order valence-electron chi connectivity index (χ3n) is 1.09. The summed E-state index contributed by atoms with van der Waals surface area (Å²) in [6, 6.07) is 0. The number of thioether (sulfide) groups is 1. The van der Waals surface area contributed by atoms with Crippen LogP contribution in [-0.4, -0.2) is 24.3 Å². The number of rotatable bonds is 1. The predicted molar refractivity (Wildman–Crippen MR) is 48.1 cm³/mol. The second-order valence-corrected chi connectivity index (χ2v) is 10.2. The summed E-state index contributed by atoms with van der Waals surface area (Å²) in [6.45, 7) is 5.21. The van der Waals surface area contributed by atoms with Gasteiger partial charge >= 0.3 is 0 Å². The van der Waals surface area contributed by atoms with Crippen LogP contribution >= 0.6 is 22.8 Å². The monoisotopic (exact) mass is 179 g/mol. The molecule has 1 nitrogen and oxygen atoms in total. The molecule has 0 bridgehead atoms. The van der Waals surface area contributed by atoms with Crippen molar-refractivity contribution in [2.45, 2.75) is 13.1 Å². The van der Waals surface area contributed by atoms with E-state index in [2.05, 4.69) is 18.1 Å². The van der Waals surface area contributed by atoms with Gasteiger partial charge in [-0.3, -0.25) is 4.99 Å². The van der Waals surface area contributed by atoms with Crippen molar-refractivity contribution in [3.05, 3.63) is 0 Å². The molecule has 0 aliphatic carbocycles. The highest BCUT2D eigenvalue weighted by molar-refractivity contribution is 8.19. The van der Waals surface area contributed by atoms with Crippen LogP contribution in [-0.2, 0) is 0 Å². The first kappa shape index (κ1) is 7.63. The Balaban J connectivity index is 2.61. The van der Waals surface area contributed by atoms with Gasteiger partial charge in [-0.1, -0.05) is 13.1 Å². The molecular formula is C5H10ClNSSi. The van der Waals surface area contributed by atoms with Crippen molar-refractivity contribution in [3.8, 4) is 0 Å². The molecule has 1 aliphatic heterocycles. The lowest BCUT2D eigenvalue weighted by Gasteiger charge is -2.10. The molecule has 0 N–H and O–H groups in total. The fraction of sp³-hybridized carbons (Fsp3) is 0.800. The van der Waals surface area contributed by atoms with Gasteiger partial charge < -0.3 is 0 Å². The fourth-order valence-electron chi connectivity index (χ4n) is 0.695. The maximum Gasteiger partial charge on any atom is 0.209 e. The van der Waals surface area contributed by atoms with Gasteiger partial charge in [0.1, 0.15) is 0 Å². The summed E-state index contributed by atoms with van der Waals surface area (Å²) in [5.74, 6) is 1.14. The van der Waals surface area contributed by atoms with Crippen LogP contribution in [0.25, 0.3) is 0 Å². The topological polar surface area (TPSA) is 12.4 Å². The van der Waals surface area contributed by atoms with Crippen LogP contribution in [0.2, 0.25) is 13.1 Å². The van der Waals surface area contributed by atoms with Crippen molar-refractivity contribution in [1.29, 1.82) is 0 Å². The van der Waals surface area contributed by atoms with Gasteiger partial charge in [-0.2, -0.15) is 11.1 Å². The summed E-state index contributed by atoms with van der Waals surface area (Å²) in [6.07, 6.45) is 0. The van der Waals surface area contributed by atoms with E-state index in [4.69, 9.17) is 11.1 Å². The summed E-state index contributed by atoms with van der Waals surface area (Å²) in [7, 11) is -1.54. The van der Waals surface area contributed by atoms with Crippen LogP contribution in [0.15, 0.2) is 4.99 Å². The van der Waals surface area contributed by atoms with Crippen LogP contribution in [0.5, 0.6) is 0 Å². The van der Waals surface area contributed by atoms with E-state index in [0.717, 1.165) is 12.3 Å². The average Bonchev–Trinajstić information content (AvgIpc) is 2.08. The molecule has 1 rings (SSSR count). The normalized spacial score (nSPS) is 20.1. The molecule has 0 saturated carbocycles. The minimum atomic E-state index is -1.54. The Kier molecular flexibility index (Phi) is 2.24. The van der Waals surface area contributed by atoms with Crippen LogP contribution in [0.1, 0.15) is 0 Å².